The van der Waals surface area contributed by atoms with E-state index in [1.54, 1.807) is 6.07 Å². The molecule has 6 nitrogen and oxygen atoms in total. The lowest BCUT2D eigenvalue weighted by molar-refractivity contribution is 0.0696. The minimum absolute atomic E-state index is 0.0635. The third-order valence-electron chi connectivity index (χ3n) is 2.38. The molecule has 0 amide bonds. The van der Waals surface area contributed by atoms with Crippen molar-refractivity contribution in [3.05, 3.63) is 53.3 Å². The lowest BCUT2D eigenvalue weighted by Gasteiger charge is -2.09. The summed E-state index contributed by atoms with van der Waals surface area (Å²) in [6, 6.07) is 6.53. The van der Waals surface area contributed by atoms with Crippen LogP contribution in [0.15, 0.2) is 47.6 Å². The maximum Gasteiger partial charge on any atom is 0.335 e. The van der Waals surface area contributed by atoms with E-state index in [1.807, 2.05) is 0 Å². The van der Waals surface area contributed by atoms with Gasteiger partial charge in [0.25, 0.3) is 10.0 Å². The number of rotatable bonds is 4. The molecular weight excluding hydrogens is 304 g/mol. The van der Waals surface area contributed by atoms with E-state index in [4.69, 9.17) is 16.7 Å². The van der Waals surface area contributed by atoms with Gasteiger partial charge in [-0.25, -0.2) is 13.2 Å². The summed E-state index contributed by atoms with van der Waals surface area (Å²) in [4.78, 5) is 14.4. The first-order valence-electron chi connectivity index (χ1n) is 5.36. The van der Waals surface area contributed by atoms with E-state index >= 15 is 0 Å². The maximum atomic E-state index is 12.2. The van der Waals surface area contributed by atoms with E-state index in [9.17, 15) is 13.2 Å². The number of carbonyl (C=O) groups is 1. The molecule has 0 saturated heterocycles. The molecule has 0 radical (unpaired) electrons. The summed E-state index contributed by atoms with van der Waals surface area (Å²) in [5, 5.41) is 8.82. The summed E-state index contributed by atoms with van der Waals surface area (Å²) in [6.45, 7) is 0. The van der Waals surface area contributed by atoms with E-state index in [-0.39, 0.29) is 21.2 Å². The monoisotopic (exact) mass is 312 g/mol. The zero-order chi connectivity index (χ0) is 14.8. The van der Waals surface area contributed by atoms with Crippen molar-refractivity contribution in [3.63, 3.8) is 0 Å². The molecule has 8 heteroatoms. The molecule has 1 aromatic heterocycles. The molecule has 0 aliphatic heterocycles. The van der Waals surface area contributed by atoms with Crippen molar-refractivity contribution in [1.82, 2.24) is 4.98 Å². The van der Waals surface area contributed by atoms with Gasteiger partial charge in [-0.1, -0.05) is 11.6 Å². The molecule has 0 unspecified atom stereocenters. The summed E-state index contributed by atoms with van der Waals surface area (Å²) in [7, 11) is -3.99. The number of nitrogens with zero attached hydrogens (tertiary/aromatic N) is 1. The zero-order valence-electron chi connectivity index (χ0n) is 9.95. The minimum Gasteiger partial charge on any atom is -0.478 e. The Kier molecular flexibility index (Phi) is 3.91. The number of hydrogen-bond donors (Lipinski definition) is 2. The predicted octanol–water partition coefficient (Wildman–Crippen LogP) is 2.23. The highest BCUT2D eigenvalue weighted by Crippen LogP contribution is 2.24. The molecule has 0 aliphatic carbocycles. The summed E-state index contributed by atoms with van der Waals surface area (Å²) in [6.07, 6.45) is 2.82. The molecule has 0 bridgehead atoms. The van der Waals surface area contributed by atoms with Gasteiger partial charge in [0.15, 0.2) is 0 Å². The number of pyridine rings is 1. The van der Waals surface area contributed by atoms with Crippen molar-refractivity contribution in [2.24, 2.45) is 0 Å². The van der Waals surface area contributed by atoms with Gasteiger partial charge in [-0.3, -0.25) is 9.71 Å². The normalized spacial score (nSPS) is 11.1. The first-order chi connectivity index (χ1) is 9.40. The quantitative estimate of drug-likeness (QED) is 0.902. The number of aromatic nitrogens is 1. The number of sulfonamides is 1. The van der Waals surface area contributed by atoms with Crippen LogP contribution in [-0.4, -0.2) is 24.5 Å². The highest BCUT2D eigenvalue weighted by molar-refractivity contribution is 7.92. The van der Waals surface area contributed by atoms with Crippen LogP contribution < -0.4 is 4.72 Å². The number of aromatic carboxylic acids is 1. The highest BCUT2D eigenvalue weighted by atomic mass is 35.5. The van der Waals surface area contributed by atoms with Crippen molar-refractivity contribution in [1.29, 1.82) is 0 Å². The number of carboxylic acid groups (broad SMARTS) is 1. The molecule has 0 atom stereocenters. The SMILES string of the molecule is O=C(O)c1ccc(Cl)c(S(=O)(=O)Nc2cccnc2)c1. The van der Waals surface area contributed by atoms with E-state index in [1.165, 1.54) is 30.6 Å². The summed E-state index contributed by atoms with van der Waals surface area (Å²) >= 11 is 5.82. The van der Waals surface area contributed by atoms with Crippen LogP contribution in [0.4, 0.5) is 5.69 Å². The Bertz CT molecular complexity index is 747. The van der Waals surface area contributed by atoms with Gasteiger partial charge in [0, 0.05) is 6.20 Å². The Balaban J connectivity index is 2.44. The van der Waals surface area contributed by atoms with Gasteiger partial charge in [-0.15, -0.1) is 0 Å². The lowest BCUT2D eigenvalue weighted by Crippen LogP contribution is -2.14. The Labute approximate surface area is 120 Å². The number of carboxylic acids is 1. The maximum absolute atomic E-state index is 12.2. The largest absolute Gasteiger partial charge is 0.478 e. The molecule has 104 valence electrons. The molecule has 0 saturated carbocycles. The van der Waals surface area contributed by atoms with Gasteiger partial charge in [0.2, 0.25) is 0 Å². The van der Waals surface area contributed by atoms with Gasteiger partial charge in [0.05, 0.1) is 22.5 Å². The molecule has 20 heavy (non-hydrogen) atoms. The number of nitrogens with one attached hydrogen (secondary N) is 1. The molecule has 0 spiro atoms. The molecule has 2 rings (SSSR count). The van der Waals surface area contributed by atoms with Crippen LogP contribution in [0.5, 0.6) is 0 Å². The Morgan fingerprint density at radius 1 is 1.30 bits per heavy atom. The number of halogens is 1. The van der Waals surface area contributed by atoms with E-state index in [0.29, 0.717) is 0 Å². The van der Waals surface area contributed by atoms with Crippen LogP contribution in [-0.2, 0) is 10.0 Å². The van der Waals surface area contributed by atoms with Gasteiger partial charge in [-0.05, 0) is 30.3 Å². The van der Waals surface area contributed by atoms with Crippen molar-refractivity contribution in [2.45, 2.75) is 4.90 Å². The van der Waals surface area contributed by atoms with Crippen LogP contribution in [0.2, 0.25) is 5.02 Å². The third-order valence-corrected chi connectivity index (χ3v) is 4.24. The standard InChI is InChI=1S/C12H9ClN2O4S/c13-10-4-3-8(12(16)17)6-11(10)20(18,19)15-9-2-1-5-14-7-9/h1-7,15H,(H,16,17). The van der Waals surface area contributed by atoms with Crippen molar-refractivity contribution >= 4 is 33.3 Å². The number of anilines is 1. The smallest absolute Gasteiger partial charge is 0.335 e. The van der Waals surface area contributed by atoms with E-state index in [0.717, 1.165) is 6.07 Å². The first-order valence-corrected chi connectivity index (χ1v) is 7.22. The van der Waals surface area contributed by atoms with Gasteiger partial charge >= 0.3 is 5.97 Å². The van der Waals surface area contributed by atoms with Crippen LogP contribution in [0, 0.1) is 0 Å². The summed E-state index contributed by atoms with van der Waals surface area (Å²) < 4.78 is 26.6. The zero-order valence-corrected chi connectivity index (χ0v) is 11.5. The average molecular weight is 313 g/mol. The molecule has 1 aromatic carbocycles. The second-order valence-corrected chi connectivity index (χ2v) is 5.86. The van der Waals surface area contributed by atoms with Crippen LogP contribution in [0.1, 0.15) is 10.4 Å². The Morgan fingerprint density at radius 3 is 2.65 bits per heavy atom. The van der Waals surface area contributed by atoms with Crippen LogP contribution >= 0.6 is 11.6 Å². The van der Waals surface area contributed by atoms with Crippen molar-refractivity contribution in [3.8, 4) is 0 Å². The molecule has 2 aromatic rings. The van der Waals surface area contributed by atoms with Gasteiger partial charge in [0.1, 0.15) is 4.90 Å². The third kappa shape index (κ3) is 3.06. The fraction of sp³-hybridized carbons (Fsp3) is 0. The fourth-order valence-corrected chi connectivity index (χ4v) is 3.05. The predicted molar refractivity (Wildman–Crippen MR) is 73.5 cm³/mol. The van der Waals surface area contributed by atoms with Gasteiger partial charge in [-0.2, -0.15) is 0 Å². The summed E-state index contributed by atoms with van der Waals surface area (Å²) in [5.74, 6) is -1.24. The molecule has 2 N–H and O–H groups in total. The second kappa shape index (κ2) is 5.48. The Hall–Kier alpha value is -2.12. The van der Waals surface area contributed by atoms with Crippen molar-refractivity contribution < 1.29 is 18.3 Å². The first kappa shape index (κ1) is 14.3. The molecular formula is C12H9ClN2O4S. The lowest BCUT2D eigenvalue weighted by atomic mass is 10.2. The highest BCUT2D eigenvalue weighted by Gasteiger charge is 2.20. The summed E-state index contributed by atoms with van der Waals surface area (Å²) in [5.41, 5.74) is 0.0882. The van der Waals surface area contributed by atoms with Gasteiger partial charge < -0.3 is 5.11 Å². The van der Waals surface area contributed by atoms with E-state index < -0.39 is 16.0 Å². The molecule has 0 fully saturated rings. The Morgan fingerprint density at radius 2 is 2.05 bits per heavy atom. The fourth-order valence-electron chi connectivity index (χ4n) is 1.48. The van der Waals surface area contributed by atoms with E-state index in [2.05, 4.69) is 9.71 Å². The average Bonchev–Trinajstić information content (AvgIpc) is 2.39. The molecule has 1 heterocycles. The number of benzene rings is 1. The molecule has 0 aliphatic rings. The van der Waals surface area contributed by atoms with Crippen molar-refractivity contribution in [2.75, 3.05) is 4.72 Å². The number of hydrogen-bond acceptors (Lipinski definition) is 4. The second-order valence-electron chi connectivity index (χ2n) is 3.80. The van der Waals surface area contributed by atoms with Crippen LogP contribution in [0.25, 0.3) is 0 Å². The topological polar surface area (TPSA) is 96.4 Å². The minimum atomic E-state index is -3.99. The van der Waals surface area contributed by atoms with Crippen LogP contribution in [0.3, 0.4) is 0 Å².